The van der Waals surface area contributed by atoms with E-state index in [1.807, 2.05) is 6.20 Å². The van der Waals surface area contributed by atoms with Gasteiger partial charge in [0.05, 0.1) is 0 Å². The number of rotatable bonds is 1. The Morgan fingerprint density at radius 3 is 3.18 bits per heavy atom. The quantitative estimate of drug-likeness (QED) is 0.739. The van der Waals surface area contributed by atoms with E-state index in [0.29, 0.717) is 5.92 Å². The number of hydrogen-bond donors (Lipinski definition) is 1. The number of hydrogen-bond acceptors (Lipinski definition) is 2. The zero-order chi connectivity index (χ0) is 11.7. The molecule has 0 radical (unpaired) electrons. The number of terminal acetylenes is 1. The first-order valence-electron chi connectivity index (χ1n) is 6.21. The standard InChI is InChI=1S/C15H16N2/c1-2-11-6-13(9-16-7-11)14-5-3-4-12-8-17-10-15(12)14/h1,5-7,9,12,15,17H,3-4,8,10H2/t12-,15+/m1/s1. The summed E-state index contributed by atoms with van der Waals surface area (Å²) in [5, 5.41) is 3.49. The first-order chi connectivity index (χ1) is 8.38. The molecule has 0 spiro atoms. The second kappa shape index (κ2) is 4.35. The van der Waals surface area contributed by atoms with Crippen LogP contribution in [0.2, 0.25) is 0 Å². The maximum Gasteiger partial charge on any atom is 0.0432 e. The second-order valence-corrected chi connectivity index (χ2v) is 4.87. The first-order valence-corrected chi connectivity index (χ1v) is 6.21. The number of nitrogens with zero attached hydrogens (tertiary/aromatic N) is 1. The molecule has 1 N–H and O–H groups in total. The third-order valence-corrected chi connectivity index (χ3v) is 3.88. The fourth-order valence-corrected chi connectivity index (χ4v) is 3.01. The molecule has 0 amide bonds. The molecular formula is C15H16N2. The highest BCUT2D eigenvalue weighted by molar-refractivity contribution is 5.69. The van der Waals surface area contributed by atoms with Crippen LogP contribution in [-0.4, -0.2) is 18.1 Å². The van der Waals surface area contributed by atoms with Gasteiger partial charge in [0.1, 0.15) is 0 Å². The predicted molar refractivity (Wildman–Crippen MR) is 69.2 cm³/mol. The summed E-state index contributed by atoms with van der Waals surface area (Å²) in [5.41, 5.74) is 3.52. The Morgan fingerprint density at radius 2 is 2.29 bits per heavy atom. The summed E-state index contributed by atoms with van der Waals surface area (Å²) in [5.74, 6) is 4.11. The third kappa shape index (κ3) is 1.87. The molecule has 1 fully saturated rings. The van der Waals surface area contributed by atoms with Gasteiger partial charge in [-0.1, -0.05) is 12.0 Å². The third-order valence-electron chi connectivity index (χ3n) is 3.88. The van der Waals surface area contributed by atoms with E-state index >= 15 is 0 Å². The molecule has 3 rings (SSSR count). The number of allylic oxidation sites excluding steroid dienone is 1. The van der Waals surface area contributed by atoms with Crippen molar-refractivity contribution in [2.24, 2.45) is 11.8 Å². The van der Waals surface area contributed by atoms with Crippen LogP contribution in [0.4, 0.5) is 0 Å². The Balaban J connectivity index is 1.97. The smallest absolute Gasteiger partial charge is 0.0432 e. The van der Waals surface area contributed by atoms with Gasteiger partial charge in [-0.2, -0.15) is 0 Å². The molecule has 0 saturated carbocycles. The van der Waals surface area contributed by atoms with Crippen LogP contribution in [0.3, 0.4) is 0 Å². The van der Waals surface area contributed by atoms with E-state index in [-0.39, 0.29) is 0 Å². The van der Waals surface area contributed by atoms with Crippen LogP contribution in [0, 0.1) is 24.2 Å². The Labute approximate surface area is 102 Å². The SMILES string of the molecule is C#Cc1cncc(C2=CCC[C@@H]3CNC[C@H]23)c1. The number of fused-ring (bicyclic) bond motifs is 1. The van der Waals surface area contributed by atoms with Crippen LogP contribution in [0.5, 0.6) is 0 Å². The molecule has 0 aromatic carbocycles. The van der Waals surface area contributed by atoms with Crippen LogP contribution in [0.25, 0.3) is 5.57 Å². The maximum absolute atomic E-state index is 5.43. The molecule has 17 heavy (non-hydrogen) atoms. The summed E-state index contributed by atoms with van der Waals surface area (Å²) in [7, 11) is 0. The number of aromatic nitrogens is 1. The van der Waals surface area contributed by atoms with E-state index < -0.39 is 0 Å². The van der Waals surface area contributed by atoms with Crippen LogP contribution in [-0.2, 0) is 0 Å². The number of pyridine rings is 1. The average molecular weight is 224 g/mol. The minimum atomic E-state index is 0.651. The van der Waals surface area contributed by atoms with E-state index in [4.69, 9.17) is 6.42 Å². The zero-order valence-electron chi connectivity index (χ0n) is 9.82. The van der Waals surface area contributed by atoms with Crippen molar-refractivity contribution in [3.05, 3.63) is 35.7 Å². The van der Waals surface area contributed by atoms with Crippen LogP contribution >= 0.6 is 0 Å². The molecule has 2 heterocycles. The molecule has 1 saturated heterocycles. The summed E-state index contributed by atoms with van der Waals surface area (Å²) in [6, 6.07) is 2.08. The van der Waals surface area contributed by atoms with Crippen LogP contribution in [0.15, 0.2) is 24.5 Å². The van der Waals surface area contributed by atoms with Crippen molar-refractivity contribution in [3.8, 4) is 12.3 Å². The van der Waals surface area contributed by atoms with Crippen molar-refractivity contribution in [3.63, 3.8) is 0 Å². The van der Waals surface area contributed by atoms with Gasteiger partial charge in [0.15, 0.2) is 0 Å². The molecule has 1 aliphatic carbocycles. The van der Waals surface area contributed by atoms with Crippen molar-refractivity contribution in [1.29, 1.82) is 0 Å². The molecular weight excluding hydrogens is 208 g/mol. The van der Waals surface area contributed by atoms with Gasteiger partial charge in [-0.3, -0.25) is 4.98 Å². The molecule has 2 atom stereocenters. The molecule has 0 unspecified atom stereocenters. The molecule has 1 aromatic rings. The normalized spacial score (nSPS) is 27.1. The lowest BCUT2D eigenvalue weighted by Crippen LogP contribution is -2.18. The van der Waals surface area contributed by atoms with Gasteiger partial charge in [0.25, 0.3) is 0 Å². The summed E-state index contributed by atoms with van der Waals surface area (Å²) >= 11 is 0. The van der Waals surface area contributed by atoms with Crippen molar-refractivity contribution >= 4 is 5.57 Å². The average Bonchev–Trinajstić information content (AvgIpc) is 2.87. The first kappa shape index (κ1) is 10.6. The van der Waals surface area contributed by atoms with Crippen molar-refractivity contribution in [2.45, 2.75) is 12.8 Å². The minimum absolute atomic E-state index is 0.651. The summed E-state index contributed by atoms with van der Waals surface area (Å²) in [4.78, 5) is 4.24. The number of nitrogens with one attached hydrogen (secondary N) is 1. The lowest BCUT2D eigenvalue weighted by molar-refractivity contribution is 0.454. The Kier molecular flexibility index (Phi) is 2.70. The highest BCUT2D eigenvalue weighted by Crippen LogP contribution is 2.38. The summed E-state index contributed by atoms with van der Waals surface area (Å²) in [6.07, 6.45) is 14.0. The van der Waals surface area contributed by atoms with Gasteiger partial charge in [0.2, 0.25) is 0 Å². The van der Waals surface area contributed by atoms with Crippen molar-refractivity contribution in [2.75, 3.05) is 13.1 Å². The summed E-state index contributed by atoms with van der Waals surface area (Å²) < 4.78 is 0. The van der Waals surface area contributed by atoms with Crippen LogP contribution < -0.4 is 5.32 Å². The zero-order valence-corrected chi connectivity index (χ0v) is 9.82. The fraction of sp³-hybridized carbons (Fsp3) is 0.400. The Bertz CT molecular complexity index is 496. The monoisotopic (exact) mass is 224 g/mol. The summed E-state index contributed by atoms with van der Waals surface area (Å²) in [6.45, 7) is 2.25. The van der Waals surface area contributed by atoms with Gasteiger partial charge in [-0.15, -0.1) is 6.42 Å². The molecule has 0 bridgehead atoms. The second-order valence-electron chi connectivity index (χ2n) is 4.87. The molecule has 2 nitrogen and oxygen atoms in total. The fourth-order valence-electron chi connectivity index (χ4n) is 3.01. The maximum atomic E-state index is 5.43. The topological polar surface area (TPSA) is 24.9 Å². The van der Waals surface area contributed by atoms with Crippen molar-refractivity contribution < 1.29 is 0 Å². The van der Waals surface area contributed by atoms with Gasteiger partial charge < -0.3 is 5.32 Å². The molecule has 1 aliphatic heterocycles. The highest BCUT2D eigenvalue weighted by atomic mass is 14.9. The van der Waals surface area contributed by atoms with Gasteiger partial charge >= 0.3 is 0 Å². The lowest BCUT2D eigenvalue weighted by atomic mass is 9.78. The highest BCUT2D eigenvalue weighted by Gasteiger charge is 2.32. The molecule has 2 aliphatic rings. The van der Waals surface area contributed by atoms with E-state index in [2.05, 4.69) is 28.4 Å². The van der Waals surface area contributed by atoms with Crippen molar-refractivity contribution in [1.82, 2.24) is 10.3 Å². The Hall–Kier alpha value is -1.59. The van der Waals surface area contributed by atoms with E-state index in [1.54, 1.807) is 6.20 Å². The van der Waals surface area contributed by atoms with E-state index in [0.717, 1.165) is 24.6 Å². The minimum Gasteiger partial charge on any atom is -0.316 e. The van der Waals surface area contributed by atoms with E-state index in [9.17, 15) is 0 Å². The van der Waals surface area contributed by atoms with Crippen LogP contribution in [0.1, 0.15) is 24.0 Å². The van der Waals surface area contributed by atoms with Gasteiger partial charge in [0, 0.05) is 30.4 Å². The Morgan fingerprint density at radius 1 is 1.35 bits per heavy atom. The van der Waals surface area contributed by atoms with E-state index in [1.165, 1.54) is 24.0 Å². The van der Waals surface area contributed by atoms with Gasteiger partial charge in [-0.25, -0.2) is 0 Å². The molecule has 2 heteroatoms. The molecule has 1 aromatic heterocycles. The predicted octanol–water partition coefficient (Wildman–Crippen LogP) is 2.08. The lowest BCUT2D eigenvalue weighted by Gasteiger charge is -2.26. The largest absolute Gasteiger partial charge is 0.316 e. The molecule has 86 valence electrons. The van der Waals surface area contributed by atoms with Gasteiger partial charge in [-0.05, 0) is 42.5 Å².